The quantitative estimate of drug-likeness (QED) is 0.814. The summed E-state index contributed by atoms with van der Waals surface area (Å²) in [6.07, 6.45) is 2.35. The molecule has 1 aliphatic carbocycles. The zero-order valence-corrected chi connectivity index (χ0v) is 16.8. The molecule has 3 N–H and O–H groups in total. The van der Waals surface area contributed by atoms with Gasteiger partial charge < -0.3 is 10.2 Å². The van der Waals surface area contributed by atoms with Crippen molar-refractivity contribution < 1.29 is 14.0 Å². The van der Waals surface area contributed by atoms with E-state index in [-0.39, 0.29) is 28.5 Å². The van der Waals surface area contributed by atoms with Crippen LogP contribution in [0, 0.1) is 16.7 Å². The molecule has 7 nitrogen and oxygen atoms in total. The fourth-order valence-electron chi connectivity index (χ4n) is 4.13. The van der Waals surface area contributed by atoms with E-state index in [1.165, 1.54) is 11.3 Å². The van der Waals surface area contributed by atoms with Gasteiger partial charge >= 0.3 is 0 Å². The maximum Gasteiger partial charge on any atom is 0.270 e. The van der Waals surface area contributed by atoms with Crippen LogP contribution in [0.25, 0.3) is 0 Å². The first-order chi connectivity index (χ1) is 14.3. The van der Waals surface area contributed by atoms with E-state index >= 15 is 0 Å². The third-order valence-corrected chi connectivity index (χ3v) is 5.46. The van der Waals surface area contributed by atoms with E-state index in [4.69, 9.17) is 10.2 Å². The van der Waals surface area contributed by atoms with E-state index in [1.54, 1.807) is 36.4 Å². The number of carbonyl (C=O) groups excluding carboxylic acids is 2. The number of hydrazine groups is 1. The highest BCUT2D eigenvalue weighted by molar-refractivity contribution is 6.00. The molecule has 1 amide bonds. The first kappa shape index (κ1) is 19.5. The Labute approximate surface area is 174 Å². The van der Waals surface area contributed by atoms with Gasteiger partial charge in [-0.3, -0.25) is 15.0 Å². The summed E-state index contributed by atoms with van der Waals surface area (Å²) in [7, 11) is 0. The molecule has 0 fully saturated rings. The number of nitriles is 1. The van der Waals surface area contributed by atoms with Crippen LogP contribution in [0.15, 0.2) is 75.8 Å². The topological polar surface area (TPSA) is 112 Å². The molecule has 2 aromatic rings. The summed E-state index contributed by atoms with van der Waals surface area (Å²) >= 11 is 0. The molecule has 1 aromatic carbocycles. The number of hydrogen-bond acceptors (Lipinski definition) is 6. The van der Waals surface area contributed by atoms with Crippen molar-refractivity contribution in [3.63, 3.8) is 0 Å². The van der Waals surface area contributed by atoms with Crippen molar-refractivity contribution in [2.75, 3.05) is 0 Å². The van der Waals surface area contributed by atoms with Crippen LogP contribution in [-0.2, 0) is 4.79 Å². The summed E-state index contributed by atoms with van der Waals surface area (Å²) in [5.74, 6) is -0.582. The number of furan rings is 1. The number of nitrogens with one attached hydrogen (secondary N) is 1. The normalized spacial score (nSPS) is 20.6. The molecular formula is C23H22N4O3. The largest absolute Gasteiger partial charge is 0.468 e. The summed E-state index contributed by atoms with van der Waals surface area (Å²) in [5, 5.41) is 11.3. The van der Waals surface area contributed by atoms with Gasteiger partial charge in [0.2, 0.25) is 0 Å². The summed E-state index contributed by atoms with van der Waals surface area (Å²) in [6, 6.07) is 14.3. The second-order valence-corrected chi connectivity index (χ2v) is 8.30. The first-order valence-corrected chi connectivity index (χ1v) is 9.68. The van der Waals surface area contributed by atoms with E-state index in [1.807, 2.05) is 19.9 Å². The Hall–Kier alpha value is -3.79. The molecule has 4 rings (SSSR count). The Morgan fingerprint density at radius 3 is 2.60 bits per heavy atom. The van der Waals surface area contributed by atoms with Crippen molar-refractivity contribution in [3.8, 4) is 6.07 Å². The van der Waals surface area contributed by atoms with Crippen LogP contribution in [0.3, 0.4) is 0 Å². The van der Waals surface area contributed by atoms with Crippen LogP contribution in [0.1, 0.15) is 48.7 Å². The average molecular weight is 402 g/mol. The number of benzene rings is 1. The van der Waals surface area contributed by atoms with E-state index in [2.05, 4.69) is 11.5 Å². The second kappa shape index (κ2) is 7.23. The van der Waals surface area contributed by atoms with Gasteiger partial charge in [0.25, 0.3) is 5.91 Å². The monoisotopic (exact) mass is 402 g/mol. The van der Waals surface area contributed by atoms with E-state index in [0.717, 1.165) is 0 Å². The lowest BCUT2D eigenvalue weighted by Gasteiger charge is -2.42. The smallest absolute Gasteiger partial charge is 0.270 e. The van der Waals surface area contributed by atoms with Crippen LogP contribution in [-0.4, -0.2) is 16.7 Å². The lowest BCUT2D eigenvalue weighted by molar-refractivity contribution is -0.118. The molecule has 1 unspecified atom stereocenters. The molecule has 0 spiro atoms. The lowest BCUT2D eigenvalue weighted by Crippen LogP contribution is -2.49. The van der Waals surface area contributed by atoms with Crippen molar-refractivity contribution in [3.05, 3.63) is 82.7 Å². The molecule has 1 aromatic heterocycles. The first-order valence-electron chi connectivity index (χ1n) is 9.68. The fourth-order valence-corrected chi connectivity index (χ4v) is 4.13. The van der Waals surface area contributed by atoms with Crippen molar-refractivity contribution in [1.29, 1.82) is 5.26 Å². The second-order valence-electron chi connectivity index (χ2n) is 8.30. The number of rotatable bonds is 3. The Morgan fingerprint density at radius 1 is 1.23 bits per heavy atom. The van der Waals surface area contributed by atoms with E-state index < -0.39 is 5.92 Å². The number of amides is 1. The summed E-state index contributed by atoms with van der Waals surface area (Å²) in [5.41, 5.74) is 10.5. The number of ketones is 1. The fraction of sp³-hybridized carbons (Fsp3) is 0.261. The minimum Gasteiger partial charge on any atom is -0.468 e. The van der Waals surface area contributed by atoms with E-state index in [0.29, 0.717) is 35.4 Å². The van der Waals surface area contributed by atoms with Crippen molar-refractivity contribution in [1.82, 2.24) is 10.4 Å². The SMILES string of the molecule is CC1(C)CC(=O)C2=C(C1)N(NC(=O)c1ccccc1)C(N)=C(C#N)C2c1ccco1. The van der Waals surface area contributed by atoms with E-state index in [9.17, 15) is 14.9 Å². The third kappa shape index (κ3) is 3.26. The number of carbonyl (C=O) groups is 2. The van der Waals surface area contributed by atoms with Crippen LogP contribution < -0.4 is 11.2 Å². The number of nitrogens with two attached hydrogens (primary N) is 1. The highest BCUT2D eigenvalue weighted by Gasteiger charge is 2.45. The summed E-state index contributed by atoms with van der Waals surface area (Å²) in [4.78, 5) is 26.0. The van der Waals surface area contributed by atoms with Gasteiger partial charge in [-0.25, -0.2) is 5.01 Å². The molecule has 0 radical (unpaired) electrons. The molecule has 0 bridgehead atoms. The molecule has 2 heterocycles. The Morgan fingerprint density at radius 2 is 1.97 bits per heavy atom. The number of hydrogen-bond donors (Lipinski definition) is 2. The zero-order valence-electron chi connectivity index (χ0n) is 16.8. The Kier molecular flexibility index (Phi) is 4.70. The van der Waals surface area contributed by atoms with Crippen LogP contribution in [0.4, 0.5) is 0 Å². The average Bonchev–Trinajstić information content (AvgIpc) is 3.24. The maximum absolute atomic E-state index is 13.2. The van der Waals surface area contributed by atoms with Crippen LogP contribution in [0.2, 0.25) is 0 Å². The van der Waals surface area contributed by atoms with Gasteiger partial charge in [0.05, 0.1) is 29.5 Å². The lowest BCUT2D eigenvalue weighted by atomic mass is 9.70. The summed E-state index contributed by atoms with van der Waals surface area (Å²) < 4.78 is 5.56. The van der Waals surface area contributed by atoms with Crippen LogP contribution in [0.5, 0.6) is 0 Å². The predicted octanol–water partition coefficient (Wildman–Crippen LogP) is 3.36. The predicted molar refractivity (Wildman–Crippen MR) is 109 cm³/mol. The Bertz CT molecular complexity index is 1110. The molecule has 1 atom stereocenters. The minimum atomic E-state index is -0.687. The molecule has 1 aliphatic heterocycles. The van der Waals surface area contributed by atoms with Crippen LogP contribution >= 0.6 is 0 Å². The van der Waals surface area contributed by atoms with Gasteiger partial charge in [-0.2, -0.15) is 5.26 Å². The van der Waals surface area contributed by atoms with Crippen molar-refractivity contribution in [2.45, 2.75) is 32.6 Å². The molecule has 30 heavy (non-hydrogen) atoms. The maximum atomic E-state index is 13.2. The highest BCUT2D eigenvalue weighted by Crippen LogP contribution is 2.48. The van der Waals surface area contributed by atoms with Gasteiger partial charge in [0.1, 0.15) is 11.6 Å². The molecule has 7 heteroatoms. The van der Waals surface area contributed by atoms with Gasteiger partial charge in [-0.05, 0) is 36.1 Å². The van der Waals surface area contributed by atoms with Gasteiger partial charge in [-0.15, -0.1) is 0 Å². The molecule has 0 saturated carbocycles. The number of nitrogens with zero attached hydrogens (tertiary/aromatic N) is 2. The Balaban J connectivity index is 1.85. The molecule has 152 valence electrons. The van der Waals surface area contributed by atoms with Crippen molar-refractivity contribution >= 4 is 11.7 Å². The van der Waals surface area contributed by atoms with Gasteiger partial charge in [0, 0.05) is 17.6 Å². The molecular weight excluding hydrogens is 380 g/mol. The number of Topliss-reactive ketones (excluding diaryl/α,β-unsaturated/α-hetero) is 1. The standard InChI is InChI=1S/C23H22N4O3/c1-23(2)11-16-20(17(28)12-23)19(18-9-6-10-30-18)15(13-24)21(25)27(16)26-22(29)14-7-4-3-5-8-14/h3-10,19H,11-12,25H2,1-2H3,(H,26,29). The van der Waals surface area contributed by atoms with Gasteiger partial charge in [0.15, 0.2) is 5.78 Å². The highest BCUT2D eigenvalue weighted by atomic mass is 16.3. The summed E-state index contributed by atoms with van der Waals surface area (Å²) in [6.45, 7) is 3.99. The van der Waals surface area contributed by atoms with Crippen molar-refractivity contribution in [2.24, 2.45) is 11.1 Å². The number of allylic oxidation sites excluding steroid dienone is 3. The minimum absolute atomic E-state index is 0.0816. The molecule has 2 aliphatic rings. The van der Waals surface area contributed by atoms with Gasteiger partial charge in [-0.1, -0.05) is 32.0 Å². The molecule has 0 saturated heterocycles. The third-order valence-electron chi connectivity index (χ3n) is 5.46. The zero-order chi connectivity index (χ0) is 21.5.